The number of benzene rings is 2. The van der Waals surface area contributed by atoms with Gasteiger partial charge in [-0.15, -0.1) is 11.3 Å². The number of carbonyl (C=O) groups excluding carboxylic acids is 4. The predicted molar refractivity (Wildman–Crippen MR) is 231 cm³/mol. The van der Waals surface area contributed by atoms with Crippen molar-refractivity contribution in [3.05, 3.63) is 74.5 Å². The summed E-state index contributed by atoms with van der Waals surface area (Å²) in [6.07, 6.45) is 2.28. The first-order chi connectivity index (χ1) is 29.6. The van der Waals surface area contributed by atoms with Crippen molar-refractivity contribution in [2.75, 3.05) is 85.6 Å². The Bertz CT molecular complexity index is 2460. The van der Waals surface area contributed by atoms with Crippen LogP contribution in [0.1, 0.15) is 50.4 Å². The first-order valence-electron chi connectivity index (χ1n) is 20.8. The zero-order valence-electron chi connectivity index (χ0n) is 35.6. The predicted octanol–water partition coefficient (Wildman–Crippen LogP) is 3.37. The Morgan fingerprint density at radius 1 is 0.935 bits per heavy atom. The normalized spacial score (nSPS) is 20.8. The number of rotatable bonds is 12. The molecule has 4 aromatic rings. The molecule has 0 bridgehead atoms. The Balaban J connectivity index is 0.859. The Morgan fingerprint density at radius 2 is 1.65 bits per heavy atom. The van der Waals surface area contributed by atoms with E-state index in [-0.39, 0.29) is 35.1 Å². The highest BCUT2D eigenvalue weighted by atomic mass is 32.1. The number of carbonyl (C=O) groups is 4. The number of amides is 4. The summed E-state index contributed by atoms with van der Waals surface area (Å²) in [5, 5.41) is 5.26. The lowest BCUT2D eigenvalue weighted by molar-refractivity contribution is -0.136. The molecular formula is C44H52F2N8O7S. The number of ether oxygens (including phenoxy) is 2. The molecule has 2 aromatic carbocycles. The minimum absolute atomic E-state index is 0.0708. The van der Waals surface area contributed by atoms with Crippen LogP contribution < -0.4 is 30.6 Å². The van der Waals surface area contributed by atoms with E-state index >= 15 is 8.78 Å². The number of methoxy groups -OCH3 is 2. The third kappa shape index (κ3) is 8.52. The number of piperazine rings is 1. The molecule has 15 nitrogen and oxygen atoms in total. The third-order valence-corrected chi connectivity index (χ3v) is 13.6. The van der Waals surface area contributed by atoms with Gasteiger partial charge in [0.05, 0.1) is 42.6 Å². The lowest BCUT2D eigenvalue weighted by atomic mass is 10.0. The molecule has 18 heteroatoms. The van der Waals surface area contributed by atoms with Crippen LogP contribution in [0.25, 0.3) is 21.2 Å². The number of hydrogen-bond donors (Lipinski definition) is 2. The van der Waals surface area contributed by atoms with Crippen molar-refractivity contribution in [2.45, 2.75) is 50.4 Å². The number of nitrogens with one attached hydrogen (secondary N) is 2. The number of thiophene rings is 1. The summed E-state index contributed by atoms with van der Waals surface area (Å²) in [6, 6.07) is 9.00. The van der Waals surface area contributed by atoms with E-state index < -0.39 is 36.4 Å². The molecule has 4 aliphatic rings. The Labute approximate surface area is 362 Å². The van der Waals surface area contributed by atoms with E-state index in [0.717, 1.165) is 46.8 Å². The number of halogens is 2. The molecule has 0 saturated carbocycles. The van der Waals surface area contributed by atoms with Gasteiger partial charge < -0.3 is 34.1 Å². The van der Waals surface area contributed by atoms with E-state index in [9.17, 15) is 24.0 Å². The van der Waals surface area contributed by atoms with Crippen molar-refractivity contribution < 1.29 is 37.4 Å². The van der Waals surface area contributed by atoms with Crippen molar-refractivity contribution in [1.82, 2.24) is 34.8 Å². The average Bonchev–Trinajstić information content (AvgIpc) is 3.84. The summed E-state index contributed by atoms with van der Waals surface area (Å²) in [6.45, 7) is 4.71. The van der Waals surface area contributed by atoms with Gasteiger partial charge in [-0.25, -0.2) is 8.78 Å². The van der Waals surface area contributed by atoms with Crippen molar-refractivity contribution in [2.24, 2.45) is 7.05 Å². The maximum absolute atomic E-state index is 15.7. The zero-order chi connectivity index (χ0) is 44.0. The van der Waals surface area contributed by atoms with Crippen LogP contribution in [0.15, 0.2) is 47.4 Å². The standard InChI is InChI=1S/C44H52F2N8O7S/c1-49(2)23-32-34(60-4)18-27(19-35(32)61-5)31-24-50(3)42(58)30-21-36(62-39(30)31)41(57)47-37-10-11-52(25-44(37,45)46)13-12-51-14-16-53(17-15-51)28-7-6-26-22-54(43(59)29(26)20-28)33-8-9-38(55)48-40(33)56/h6-7,18-21,24,33,37H,8-17,22-23,25H2,1-5H3,(H,47,57)(H,48,55,56)/t33?,37-/m0/s1. The third-order valence-electron chi connectivity index (χ3n) is 12.4. The van der Waals surface area contributed by atoms with Crippen LogP contribution in [0.2, 0.25) is 0 Å². The number of anilines is 1. The SMILES string of the molecule is COc1cc(-c2cn(C)c(=O)c3cc(C(=O)N[C@H]4CCN(CCN5CCN(c6ccc7c(c6)C(=O)N(C6CCC(=O)NC6=O)C7)CC5)CC4(F)F)sc23)cc(OC)c1CN(C)C. The second-order valence-electron chi connectivity index (χ2n) is 16.8. The van der Waals surface area contributed by atoms with Gasteiger partial charge in [0, 0.05) is 100 Å². The molecule has 0 radical (unpaired) electrons. The van der Waals surface area contributed by atoms with Crippen molar-refractivity contribution >= 4 is 50.7 Å². The molecule has 0 aliphatic carbocycles. The molecule has 6 heterocycles. The lowest BCUT2D eigenvalue weighted by Crippen LogP contribution is -2.59. The molecule has 3 saturated heterocycles. The molecule has 330 valence electrons. The fraction of sp³-hybridized carbons (Fsp3) is 0.477. The number of pyridine rings is 1. The minimum atomic E-state index is -3.18. The molecule has 2 N–H and O–H groups in total. The summed E-state index contributed by atoms with van der Waals surface area (Å²) in [7, 11) is 8.68. The second-order valence-corrected chi connectivity index (χ2v) is 17.9. The molecular weight excluding hydrogens is 823 g/mol. The summed E-state index contributed by atoms with van der Waals surface area (Å²) < 4.78 is 44.9. The molecule has 2 atom stereocenters. The monoisotopic (exact) mass is 874 g/mol. The lowest BCUT2D eigenvalue weighted by Gasteiger charge is -2.40. The van der Waals surface area contributed by atoms with Gasteiger partial charge in [0.1, 0.15) is 17.5 Å². The molecule has 1 unspecified atom stereocenters. The average molecular weight is 875 g/mol. The van der Waals surface area contributed by atoms with Crippen LogP contribution in [-0.2, 0) is 29.7 Å². The Morgan fingerprint density at radius 3 is 2.31 bits per heavy atom. The zero-order valence-corrected chi connectivity index (χ0v) is 36.4. The van der Waals surface area contributed by atoms with E-state index in [1.807, 2.05) is 49.3 Å². The highest BCUT2D eigenvalue weighted by molar-refractivity contribution is 7.21. The molecule has 4 amide bonds. The van der Waals surface area contributed by atoms with Gasteiger partial charge in [0.2, 0.25) is 11.8 Å². The Hall–Kier alpha value is -5.43. The van der Waals surface area contributed by atoms with Crippen LogP contribution >= 0.6 is 11.3 Å². The van der Waals surface area contributed by atoms with Gasteiger partial charge in [0.25, 0.3) is 23.3 Å². The highest BCUT2D eigenvalue weighted by Gasteiger charge is 2.46. The number of aryl methyl sites for hydroxylation is 1. The fourth-order valence-corrected chi connectivity index (χ4v) is 10.1. The number of alkyl halides is 2. The summed E-state index contributed by atoms with van der Waals surface area (Å²) >= 11 is 1.10. The molecule has 62 heavy (non-hydrogen) atoms. The van der Waals surface area contributed by atoms with Crippen LogP contribution in [0, 0.1) is 0 Å². The number of imide groups is 1. The topological polar surface area (TPSA) is 149 Å². The minimum Gasteiger partial charge on any atom is -0.496 e. The van der Waals surface area contributed by atoms with Crippen molar-refractivity contribution in [1.29, 1.82) is 0 Å². The van der Waals surface area contributed by atoms with Gasteiger partial charge in [0.15, 0.2) is 0 Å². The van der Waals surface area contributed by atoms with E-state index in [2.05, 4.69) is 20.4 Å². The van der Waals surface area contributed by atoms with Crippen LogP contribution in [0.3, 0.4) is 0 Å². The molecule has 3 fully saturated rings. The second kappa shape index (κ2) is 17.4. The number of aromatic nitrogens is 1. The fourth-order valence-electron chi connectivity index (χ4n) is 9.04. The van der Waals surface area contributed by atoms with Crippen molar-refractivity contribution in [3.8, 4) is 22.6 Å². The number of hydrogen-bond acceptors (Lipinski definition) is 12. The summed E-state index contributed by atoms with van der Waals surface area (Å²) in [5.41, 5.74) is 4.29. The maximum atomic E-state index is 15.7. The molecule has 8 rings (SSSR count). The van der Waals surface area contributed by atoms with E-state index in [1.165, 1.54) is 10.6 Å². The smallest absolute Gasteiger partial charge is 0.280 e. The largest absolute Gasteiger partial charge is 0.496 e. The summed E-state index contributed by atoms with van der Waals surface area (Å²) in [5.74, 6) is -3.58. The van der Waals surface area contributed by atoms with Crippen LogP contribution in [-0.4, -0.2) is 146 Å². The highest BCUT2D eigenvalue weighted by Crippen LogP contribution is 2.40. The first-order valence-corrected chi connectivity index (χ1v) is 21.6. The van der Waals surface area contributed by atoms with Gasteiger partial charge in [-0.1, -0.05) is 6.07 Å². The molecule has 2 aromatic heterocycles. The van der Waals surface area contributed by atoms with Crippen LogP contribution in [0.5, 0.6) is 11.5 Å². The van der Waals surface area contributed by atoms with E-state index in [1.54, 1.807) is 37.3 Å². The maximum Gasteiger partial charge on any atom is 0.280 e. The van der Waals surface area contributed by atoms with Crippen LogP contribution in [0.4, 0.5) is 14.5 Å². The van der Waals surface area contributed by atoms with E-state index in [0.29, 0.717) is 84.9 Å². The number of likely N-dealkylation sites (tertiary alicyclic amines) is 1. The Kier molecular flexibility index (Phi) is 12.1. The quantitative estimate of drug-likeness (QED) is 0.202. The number of piperidine rings is 2. The number of fused-ring (bicyclic) bond motifs is 2. The molecule has 0 spiro atoms. The van der Waals surface area contributed by atoms with Gasteiger partial charge in [-0.2, -0.15) is 0 Å². The van der Waals surface area contributed by atoms with Crippen molar-refractivity contribution in [3.63, 3.8) is 0 Å². The van der Waals surface area contributed by atoms with Gasteiger partial charge >= 0.3 is 0 Å². The summed E-state index contributed by atoms with van der Waals surface area (Å²) in [4.78, 5) is 74.2. The van der Waals surface area contributed by atoms with E-state index in [4.69, 9.17) is 9.47 Å². The van der Waals surface area contributed by atoms with Gasteiger partial charge in [-0.3, -0.25) is 39.1 Å². The van der Waals surface area contributed by atoms with Gasteiger partial charge in [-0.05, 0) is 68.4 Å². The molecule has 4 aliphatic heterocycles. The first kappa shape index (κ1) is 43.2. The number of nitrogens with zero attached hydrogens (tertiary/aromatic N) is 6.